The number of sulfonamides is 1. The van der Waals surface area contributed by atoms with Crippen molar-refractivity contribution in [1.82, 2.24) is 14.9 Å². The molecule has 0 aliphatic heterocycles. The topological polar surface area (TPSA) is 85.1 Å². The number of rotatable bonds is 7. The van der Waals surface area contributed by atoms with E-state index in [0.29, 0.717) is 16.9 Å². The predicted octanol–water partition coefficient (Wildman–Crippen LogP) is 3.42. The van der Waals surface area contributed by atoms with Crippen molar-refractivity contribution < 1.29 is 12.8 Å². The molecule has 0 saturated carbocycles. The second-order valence-electron chi connectivity index (χ2n) is 5.81. The first-order valence-electron chi connectivity index (χ1n) is 8.04. The largest absolute Gasteiger partial charge is 0.411 e. The molecule has 3 aromatic rings. The van der Waals surface area contributed by atoms with E-state index in [1.807, 2.05) is 26.0 Å². The van der Waals surface area contributed by atoms with Crippen LogP contribution in [0.2, 0.25) is 0 Å². The number of thioether (sulfide) groups is 1. The van der Waals surface area contributed by atoms with Crippen LogP contribution in [0.1, 0.15) is 11.1 Å². The summed E-state index contributed by atoms with van der Waals surface area (Å²) in [6.45, 7) is 4.30. The lowest BCUT2D eigenvalue weighted by Crippen LogP contribution is -2.25. The van der Waals surface area contributed by atoms with Crippen molar-refractivity contribution in [3.05, 3.63) is 59.7 Å². The Hall–Kier alpha value is -2.16. The number of aromatic nitrogens is 2. The summed E-state index contributed by atoms with van der Waals surface area (Å²) in [7, 11) is -3.49. The van der Waals surface area contributed by atoms with Crippen molar-refractivity contribution in [2.45, 2.75) is 24.0 Å². The van der Waals surface area contributed by atoms with Crippen molar-refractivity contribution in [2.24, 2.45) is 0 Å². The minimum absolute atomic E-state index is 0.250. The minimum Gasteiger partial charge on any atom is -0.411 e. The Bertz CT molecular complexity index is 966. The van der Waals surface area contributed by atoms with Gasteiger partial charge in [-0.2, -0.15) is 0 Å². The van der Waals surface area contributed by atoms with Gasteiger partial charge in [-0.15, -0.1) is 10.2 Å². The molecule has 3 rings (SSSR count). The van der Waals surface area contributed by atoms with Gasteiger partial charge in [0.1, 0.15) is 0 Å². The average molecular weight is 390 g/mol. The number of hydrogen-bond acceptors (Lipinski definition) is 6. The van der Waals surface area contributed by atoms with Crippen LogP contribution >= 0.6 is 11.8 Å². The Morgan fingerprint density at radius 3 is 2.42 bits per heavy atom. The summed E-state index contributed by atoms with van der Waals surface area (Å²) < 4.78 is 32.5. The number of nitrogens with one attached hydrogen (secondary N) is 1. The predicted molar refractivity (Wildman–Crippen MR) is 102 cm³/mol. The first kappa shape index (κ1) is 18.6. The van der Waals surface area contributed by atoms with Gasteiger partial charge < -0.3 is 4.42 Å². The average Bonchev–Trinajstić information content (AvgIpc) is 3.08. The summed E-state index contributed by atoms with van der Waals surface area (Å²) in [6, 6.07) is 14.3. The highest BCUT2D eigenvalue weighted by Gasteiger charge is 2.13. The number of hydrogen-bond donors (Lipinski definition) is 1. The molecule has 0 atom stereocenters. The van der Waals surface area contributed by atoms with E-state index in [1.165, 1.54) is 11.8 Å². The van der Waals surface area contributed by atoms with Gasteiger partial charge in [-0.05, 0) is 38.1 Å². The van der Waals surface area contributed by atoms with Crippen LogP contribution in [-0.2, 0) is 10.0 Å². The molecule has 8 heteroatoms. The molecule has 0 saturated heterocycles. The van der Waals surface area contributed by atoms with Gasteiger partial charge >= 0.3 is 0 Å². The number of benzene rings is 2. The normalized spacial score (nSPS) is 11.6. The summed E-state index contributed by atoms with van der Waals surface area (Å²) in [5, 5.41) is 8.50. The van der Waals surface area contributed by atoms with Gasteiger partial charge in [-0.1, -0.05) is 47.2 Å². The Balaban J connectivity index is 1.56. The zero-order valence-corrected chi connectivity index (χ0v) is 16.1. The highest BCUT2D eigenvalue weighted by molar-refractivity contribution is 7.99. The van der Waals surface area contributed by atoms with Crippen molar-refractivity contribution in [2.75, 3.05) is 12.3 Å². The first-order valence-corrected chi connectivity index (χ1v) is 10.5. The van der Waals surface area contributed by atoms with E-state index in [4.69, 9.17) is 4.42 Å². The van der Waals surface area contributed by atoms with Gasteiger partial charge in [0, 0.05) is 17.9 Å². The molecule has 0 fully saturated rings. The lowest BCUT2D eigenvalue weighted by atomic mass is 10.1. The molecule has 0 amide bonds. The van der Waals surface area contributed by atoms with Gasteiger partial charge in [-0.25, -0.2) is 13.1 Å². The molecule has 26 heavy (non-hydrogen) atoms. The van der Waals surface area contributed by atoms with Crippen molar-refractivity contribution in [1.29, 1.82) is 0 Å². The second-order valence-corrected chi connectivity index (χ2v) is 8.62. The second kappa shape index (κ2) is 8.03. The fourth-order valence-corrected chi connectivity index (χ4v) is 4.28. The monoisotopic (exact) mass is 389 g/mol. The van der Waals surface area contributed by atoms with E-state index in [1.54, 1.807) is 30.3 Å². The fourth-order valence-electron chi connectivity index (χ4n) is 2.48. The zero-order chi connectivity index (χ0) is 18.6. The molecule has 0 aliphatic rings. The van der Waals surface area contributed by atoms with Crippen molar-refractivity contribution >= 4 is 21.8 Å². The molecule has 0 spiro atoms. The minimum atomic E-state index is -3.49. The number of nitrogens with zero attached hydrogens (tertiary/aromatic N) is 2. The smallest absolute Gasteiger partial charge is 0.276 e. The molecule has 1 aromatic heterocycles. The molecule has 0 unspecified atom stereocenters. The quantitative estimate of drug-likeness (QED) is 0.492. The highest BCUT2D eigenvalue weighted by atomic mass is 32.2. The standard InChI is InChI=1S/C18H19N3O3S2/c1-13-10-14(2)12-15(11-13)17-20-21-18(24-17)25-9-8-19-26(22,23)16-6-4-3-5-7-16/h3-7,10-12,19H,8-9H2,1-2H3. The van der Waals surface area contributed by atoms with E-state index in [2.05, 4.69) is 21.0 Å². The van der Waals surface area contributed by atoms with E-state index in [-0.39, 0.29) is 11.4 Å². The summed E-state index contributed by atoms with van der Waals surface area (Å²) >= 11 is 1.31. The summed E-state index contributed by atoms with van der Waals surface area (Å²) in [5.74, 6) is 0.949. The molecule has 6 nitrogen and oxygen atoms in total. The summed E-state index contributed by atoms with van der Waals surface area (Å²) in [4.78, 5) is 0.250. The van der Waals surface area contributed by atoms with E-state index in [9.17, 15) is 8.42 Å². The maximum Gasteiger partial charge on any atom is 0.276 e. The van der Waals surface area contributed by atoms with E-state index < -0.39 is 10.0 Å². The van der Waals surface area contributed by atoms with Crippen LogP contribution < -0.4 is 4.72 Å². The lowest BCUT2D eigenvalue weighted by molar-refractivity contribution is 0.466. The van der Waals surface area contributed by atoms with Gasteiger partial charge in [0.05, 0.1) is 4.90 Å². The summed E-state index contributed by atoms with van der Waals surface area (Å²) in [5.41, 5.74) is 3.14. The maximum absolute atomic E-state index is 12.1. The Morgan fingerprint density at radius 1 is 1.04 bits per heavy atom. The van der Waals surface area contributed by atoms with Crippen LogP contribution in [0.25, 0.3) is 11.5 Å². The van der Waals surface area contributed by atoms with E-state index >= 15 is 0 Å². The Kier molecular flexibility index (Phi) is 5.75. The van der Waals surface area contributed by atoms with Crippen LogP contribution in [-0.4, -0.2) is 30.9 Å². The SMILES string of the molecule is Cc1cc(C)cc(-c2nnc(SCCNS(=O)(=O)c3ccccc3)o2)c1. The van der Waals surface area contributed by atoms with Crippen molar-refractivity contribution in [3.8, 4) is 11.5 Å². The molecule has 0 radical (unpaired) electrons. The zero-order valence-electron chi connectivity index (χ0n) is 14.5. The van der Waals surface area contributed by atoms with Crippen LogP contribution in [0.5, 0.6) is 0 Å². The molecular weight excluding hydrogens is 370 g/mol. The molecule has 0 aliphatic carbocycles. The molecule has 2 aromatic carbocycles. The number of aryl methyl sites for hydroxylation is 2. The van der Waals surface area contributed by atoms with Crippen LogP contribution in [0, 0.1) is 13.8 Å². The van der Waals surface area contributed by atoms with Crippen LogP contribution in [0.3, 0.4) is 0 Å². The van der Waals surface area contributed by atoms with Gasteiger partial charge in [0.25, 0.3) is 5.22 Å². The molecular formula is C18H19N3O3S2. The highest BCUT2D eigenvalue weighted by Crippen LogP contribution is 2.24. The van der Waals surface area contributed by atoms with Crippen LogP contribution in [0.15, 0.2) is 63.1 Å². The van der Waals surface area contributed by atoms with Crippen molar-refractivity contribution in [3.63, 3.8) is 0 Å². The molecule has 1 N–H and O–H groups in total. The maximum atomic E-state index is 12.1. The molecule has 136 valence electrons. The Morgan fingerprint density at radius 2 is 1.73 bits per heavy atom. The van der Waals surface area contributed by atoms with Gasteiger partial charge in [0.15, 0.2) is 0 Å². The third kappa shape index (κ3) is 4.72. The Labute approximate surface area is 157 Å². The van der Waals surface area contributed by atoms with Gasteiger partial charge in [-0.3, -0.25) is 0 Å². The van der Waals surface area contributed by atoms with Gasteiger partial charge in [0.2, 0.25) is 15.9 Å². The van der Waals surface area contributed by atoms with Crippen LogP contribution in [0.4, 0.5) is 0 Å². The third-order valence-corrected chi connectivity index (χ3v) is 5.85. The molecule has 1 heterocycles. The van der Waals surface area contributed by atoms with E-state index in [0.717, 1.165) is 16.7 Å². The molecule has 0 bridgehead atoms. The first-order chi connectivity index (χ1) is 12.4. The fraction of sp³-hybridized carbons (Fsp3) is 0.222. The third-order valence-electron chi connectivity index (χ3n) is 3.55. The lowest BCUT2D eigenvalue weighted by Gasteiger charge is -2.05. The summed E-state index contributed by atoms with van der Waals surface area (Å²) in [6.07, 6.45) is 0.